The van der Waals surface area contributed by atoms with Crippen LogP contribution in [-0.4, -0.2) is 20.1 Å². The first-order chi connectivity index (χ1) is 8.74. The summed E-state index contributed by atoms with van der Waals surface area (Å²) in [5.41, 5.74) is 6.84. The fourth-order valence-electron chi connectivity index (χ4n) is 1.52. The molecule has 0 atom stereocenters. The summed E-state index contributed by atoms with van der Waals surface area (Å²) in [5.74, 6) is 1.24. The number of anilines is 1. The number of nitrogens with zero attached hydrogens (tertiary/aromatic N) is 3. The van der Waals surface area contributed by atoms with Crippen LogP contribution in [0.5, 0.6) is 0 Å². The maximum absolute atomic E-state index is 6.07. The van der Waals surface area contributed by atoms with Crippen LogP contribution in [0.4, 0.5) is 5.69 Å². The van der Waals surface area contributed by atoms with Crippen molar-refractivity contribution in [2.45, 2.75) is 0 Å². The Balaban J connectivity index is 2.03. The third-order valence-corrected chi connectivity index (χ3v) is 2.67. The lowest BCUT2D eigenvalue weighted by atomic mass is 10.2. The first-order valence-electron chi connectivity index (χ1n) is 5.13. The van der Waals surface area contributed by atoms with Crippen molar-refractivity contribution in [1.29, 1.82) is 0 Å². The second-order valence-corrected chi connectivity index (χ2v) is 4.01. The van der Waals surface area contributed by atoms with E-state index in [0.717, 1.165) is 0 Å². The molecule has 90 valence electrons. The SMILES string of the molecule is Nc1ccc(-c2nc(-c3ncc[nH]3)no2)c(Cl)c1. The van der Waals surface area contributed by atoms with Gasteiger partial charge in [-0.1, -0.05) is 16.8 Å². The maximum atomic E-state index is 6.07. The van der Waals surface area contributed by atoms with Crippen molar-refractivity contribution in [2.24, 2.45) is 0 Å². The van der Waals surface area contributed by atoms with E-state index >= 15 is 0 Å². The van der Waals surface area contributed by atoms with Gasteiger partial charge >= 0.3 is 0 Å². The lowest BCUT2D eigenvalue weighted by Gasteiger charge is -1.99. The fraction of sp³-hybridized carbons (Fsp3) is 0. The molecule has 7 heteroatoms. The summed E-state index contributed by atoms with van der Waals surface area (Å²) in [4.78, 5) is 11.1. The van der Waals surface area contributed by atoms with Crippen molar-refractivity contribution in [3.05, 3.63) is 35.6 Å². The summed E-state index contributed by atoms with van der Waals surface area (Å²) in [5, 5.41) is 4.29. The number of aromatic amines is 1. The van der Waals surface area contributed by atoms with E-state index in [9.17, 15) is 0 Å². The fourth-order valence-corrected chi connectivity index (χ4v) is 1.79. The number of rotatable bonds is 2. The Hall–Kier alpha value is -2.34. The van der Waals surface area contributed by atoms with Crippen LogP contribution < -0.4 is 5.73 Å². The smallest absolute Gasteiger partial charge is 0.259 e. The Morgan fingerprint density at radius 2 is 2.22 bits per heavy atom. The highest BCUT2D eigenvalue weighted by Crippen LogP contribution is 2.29. The number of nitrogens with one attached hydrogen (secondary N) is 1. The van der Waals surface area contributed by atoms with Crippen LogP contribution in [0.3, 0.4) is 0 Å². The lowest BCUT2D eigenvalue weighted by molar-refractivity contribution is 0.432. The van der Waals surface area contributed by atoms with Gasteiger partial charge in [-0.2, -0.15) is 4.98 Å². The number of hydrogen-bond acceptors (Lipinski definition) is 5. The van der Waals surface area contributed by atoms with E-state index in [4.69, 9.17) is 21.9 Å². The molecule has 1 aromatic carbocycles. The first-order valence-corrected chi connectivity index (χ1v) is 5.50. The molecule has 2 heterocycles. The molecular formula is C11H8ClN5O. The quantitative estimate of drug-likeness (QED) is 0.691. The third-order valence-electron chi connectivity index (χ3n) is 2.36. The zero-order valence-electron chi connectivity index (χ0n) is 9.09. The van der Waals surface area contributed by atoms with Crippen LogP contribution in [0.2, 0.25) is 5.02 Å². The summed E-state index contributed by atoms with van der Waals surface area (Å²) in [6.45, 7) is 0. The van der Waals surface area contributed by atoms with Crippen LogP contribution in [0.25, 0.3) is 23.1 Å². The standard InChI is InChI=1S/C11H8ClN5O/c12-8-5-6(13)1-2-7(8)11-16-10(17-18-11)9-14-3-4-15-9/h1-5H,13H2,(H,14,15). The van der Waals surface area contributed by atoms with E-state index in [1.807, 2.05) is 0 Å². The van der Waals surface area contributed by atoms with E-state index < -0.39 is 0 Å². The van der Waals surface area contributed by atoms with Gasteiger partial charge in [0.05, 0.1) is 10.6 Å². The molecule has 0 aliphatic rings. The molecule has 0 aliphatic carbocycles. The van der Waals surface area contributed by atoms with Crippen LogP contribution in [0.1, 0.15) is 0 Å². The average molecular weight is 262 g/mol. The summed E-state index contributed by atoms with van der Waals surface area (Å²) in [6.07, 6.45) is 3.29. The van der Waals surface area contributed by atoms with Crippen LogP contribution in [-0.2, 0) is 0 Å². The number of imidazole rings is 1. The second-order valence-electron chi connectivity index (χ2n) is 3.60. The predicted octanol–water partition coefficient (Wildman–Crippen LogP) is 2.36. The van der Waals surface area contributed by atoms with Gasteiger partial charge in [-0.3, -0.25) is 0 Å². The van der Waals surface area contributed by atoms with Gasteiger partial charge in [0.25, 0.3) is 5.89 Å². The number of nitrogen functional groups attached to an aromatic ring is 1. The lowest BCUT2D eigenvalue weighted by Crippen LogP contribution is -1.86. The Morgan fingerprint density at radius 3 is 2.94 bits per heavy atom. The zero-order chi connectivity index (χ0) is 12.5. The molecule has 0 amide bonds. The van der Waals surface area contributed by atoms with Crippen LogP contribution >= 0.6 is 11.6 Å². The number of benzene rings is 1. The maximum Gasteiger partial charge on any atom is 0.259 e. The van der Waals surface area contributed by atoms with Gasteiger partial charge in [-0.25, -0.2) is 4.98 Å². The van der Waals surface area contributed by atoms with Gasteiger partial charge in [0.2, 0.25) is 5.82 Å². The van der Waals surface area contributed by atoms with Crippen molar-refractivity contribution in [3.8, 4) is 23.1 Å². The Morgan fingerprint density at radius 1 is 1.33 bits per heavy atom. The summed E-state index contributed by atoms with van der Waals surface area (Å²) in [6, 6.07) is 5.09. The number of hydrogen-bond donors (Lipinski definition) is 2. The van der Waals surface area contributed by atoms with Gasteiger partial charge in [0.1, 0.15) is 0 Å². The highest BCUT2D eigenvalue weighted by Gasteiger charge is 2.14. The summed E-state index contributed by atoms with van der Waals surface area (Å²) < 4.78 is 5.15. The Bertz CT molecular complexity index is 677. The van der Waals surface area contributed by atoms with E-state index in [1.54, 1.807) is 30.6 Å². The highest BCUT2D eigenvalue weighted by atomic mass is 35.5. The average Bonchev–Trinajstić information content (AvgIpc) is 2.99. The van der Waals surface area contributed by atoms with E-state index in [2.05, 4.69) is 20.1 Å². The van der Waals surface area contributed by atoms with Crippen LogP contribution in [0.15, 0.2) is 35.1 Å². The molecular weight excluding hydrogens is 254 g/mol. The van der Waals surface area contributed by atoms with E-state index in [0.29, 0.717) is 33.8 Å². The number of halogens is 1. The molecule has 3 N–H and O–H groups in total. The Kier molecular flexibility index (Phi) is 2.49. The molecule has 0 spiro atoms. The summed E-state index contributed by atoms with van der Waals surface area (Å²) >= 11 is 6.07. The molecule has 0 saturated carbocycles. The molecule has 0 bridgehead atoms. The monoisotopic (exact) mass is 261 g/mol. The van der Waals surface area contributed by atoms with Gasteiger partial charge in [-0.05, 0) is 18.2 Å². The minimum Gasteiger partial charge on any atom is -0.399 e. The minimum atomic E-state index is 0.325. The first kappa shape index (κ1) is 10.8. The van der Waals surface area contributed by atoms with Gasteiger partial charge in [0.15, 0.2) is 5.82 Å². The molecule has 6 nitrogen and oxygen atoms in total. The minimum absolute atomic E-state index is 0.325. The third kappa shape index (κ3) is 1.82. The van der Waals surface area contributed by atoms with Crippen molar-refractivity contribution in [2.75, 3.05) is 5.73 Å². The van der Waals surface area contributed by atoms with E-state index in [-0.39, 0.29) is 0 Å². The Labute approximate surface area is 107 Å². The van der Waals surface area contributed by atoms with Crippen molar-refractivity contribution in [1.82, 2.24) is 20.1 Å². The molecule has 0 unspecified atom stereocenters. The molecule has 2 aromatic heterocycles. The molecule has 0 fully saturated rings. The molecule has 0 aliphatic heterocycles. The van der Waals surface area contributed by atoms with E-state index in [1.165, 1.54) is 0 Å². The van der Waals surface area contributed by atoms with Crippen molar-refractivity contribution in [3.63, 3.8) is 0 Å². The summed E-state index contributed by atoms with van der Waals surface area (Å²) in [7, 11) is 0. The normalized spacial score (nSPS) is 10.7. The molecule has 0 saturated heterocycles. The molecule has 3 rings (SSSR count). The second kappa shape index (κ2) is 4.15. The van der Waals surface area contributed by atoms with Gasteiger partial charge in [-0.15, -0.1) is 0 Å². The highest BCUT2D eigenvalue weighted by molar-refractivity contribution is 6.33. The largest absolute Gasteiger partial charge is 0.399 e. The van der Waals surface area contributed by atoms with Crippen LogP contribution in [0, 0.1) is 0 Å². The number of H-pyrrole nitrogens is 1. The number of aromatic nitrogens is 4. The van der Waals surface area contributed by atoms with Gasteiger partial charge < -0.3 is 15.2 Å². The predicted molar refractivity (Wildman–Crippen MR) is 66.7 cm³/mol. The topological polar surface area (TPSA) is 93.6 Å². The number of nitrogens with two attached hydrogens (primary N) is 1. The van der Waals surface area contributed by atoms with Crippen molar-refractivity contribution >= 4 is 17.3 Å². The zero-order valence-corrected chi connectivity index (χ0v) is 9.85. The molecule has 18 heavy (non-hydrogen) atoms. The van der Waals surface area contributed by atoms with Gasteiger partial charge in [0, 0.05) is 18.1 Å². The molecule has 3 aromatic rings. The van der Waals surface area contributed by atoms with Crippen molar-refractivity contribution < 1.29 is 4.52 Å². The molecule has 0 radical (unpaired) electrons.